The maximum atomic E-state index is 13.2. The van der Waals surface area contributed by atoms with Gasteiger partial charge in [0.2, 0.25) is 27.7 Å². The highest BCUT2D eigenvalue weighted by atomic mass is 35.5. The first kappa shape index (κ1) is 28.2. The van der Waals surface area contributed by atoms with Crippen molar-refractivity contribution in [1.82, 2.24) is 19.5 Å². The van der Waals surface area contributed by atoms with Crippen LogP contribution in [0.1, 0.15) is 30.6 Å². The lowest BCUT2D eigenvalue weighted by Crippen LogP contribution is -2.55. The summed E-state index contributed by atoms with van der Waals surface area (Å²) >= 11 is 7.12. The number of hydrogen-bond acceptors (Lipinski definition) is 7. The topological polar surface area (TPSA) is 129 Å². The number of pyridine rings is 1. The van der Waals surface area contributed by atoms with Gasteiger partial charge in [-0.15, -0.1) is 11.3 Å². The summed E-state index contributed by atoms with van der Waals surface area (Å²) in [6.07, 6.45) is 5.04. The second-order valence-electron chi connectivity index (χ2n) is 9.71. The molecule has 1 aromatic carbocycles. The number of likely N-dealkylation sites (tertiary alicyclic amines) is 2. The quantitative estimate of drug-likeness (QED) is 0.407. The molecule has 3 aromatic rings. The van der Waals surface area contributed by atoms with Crippen LogP contribution in [0.25, 0.3) is 17.0 Å². The fourth-order valence-corrected chi connectivity index (χ4v) is 7.04. The first-order chi connectivity index (χ1) is 19.2. The molecule has 0 radical (unpaired) electrons. The van der Waals surface area contributed by atoms with Crippen LogP contribution in [-0.2, 0) is 24.4 Å². The number of aromatic nitrogens is 1. The third kappa shape index (κ3) is 6.69. The Labute approximate surface area is 241 Å². The van der Waals surface area contributed by atoms with E-state index in [0.29, 0.717) is 53.7 Å². The van der Waals surface area contributed by atoms with E-state index in [-0.39, 0.29) is 18.4 Å². The number of carbonyl (C=O) groups is 3. The number of hydrogen-bond donors (Lipinski definition) is 2. The number of fused-ring (bicyclic) bond motifs is 1. The van der Waals surface area contributed by atoms with Crippen molar-refractivity contribution in [3.05, 3.63) is 63.3 Å². The van der Waals surface area contributed by atoms with E-state index in [0.717, 1.165) is 16.3 Å². The van der Waals surface area contributed by atoms with Gasteiger partial charge in [0.1, 0.15) is 12.1 Å². The molecule has 0 spiro atoms. The van der Waals surface area contributed by atoms with E-state index in [1.807, 2.05) is 30.3 Å². The van der Waals surface area contributed by atoms with Gasteiger partial charge in [-0.3, -0.25) is 19.4 Å². The van der Waals surface area contributed by atoms with E-state index < -0.39 is 28.0 Å². The predicted molar refractivity (Wildman–Crippen MR) is 155 cm³/mol. The fraction of sp³-hybridized carbons (Fsp3) is 0.333. The van der Waals surface area contributed by atoms with Crippen molar-refractivity contribution in [2.45, 2.75) is 37.8 Å². The highest BCUT2D eigenvalue weighted by molar-refractivity contribution is 7.92. The van der Waals surface area contributed by atoms with Crippen LogP contribution >= 0.6 is 22.9 Å². The lowest BCUT2D eigenvalue weighted by molar-refractivity contribution is -0.144. The minimum Gasteiger partial charge on any atom is -0.332 e. The van der Waals surface area contributed by atoms with E-state index in [4.69, 9.17) is 11.6 Å². The molecule has 2 aromatic heterocycles. The molecule has 0 aliphatic carbocycles. The number of amides is 3. The summed E-state index contributed by atoms with van der Waals surface area (Å²) in [5, 5.41) is 4.76. The number of para-hydroxylation sites is 1. The molecule has 10 nitrogen and oxygen atoms in total. The molecule has 210 valence electrons. The van der Waals surface area contributed by atoms with E-state index in [1.54, 1.807) is 18.3 Å². The Kier molecular flexibility index (Phi) is 8.50. The molecular formula is C27H28ClN5O5S2. The fourth-order valence-electron chi connectivity index (χ4n) is 4.98. The highest BCUT2D eigenvalue weighted by Gasteiger charge is 2.37. The zero-order valence-corrected chi connectivity index (χ0v) is 23.8. The molecule has 0 saturated carbocycles. The SMILES string of the molecule is O=C(Nc1cnc2ccccc2c1)[C@@H]1CCCN1C(=O)CN1CCC[C@H](NS(=O)(=O)C=Cc2ccc(Cl)s2)C1=O. The van der Waals surface area contributed by atoms with Crippen LogP contribution in [0.4, 0.5) is 5.69 Å². The van der Waals surface area contributed by atoms with Crippen molar-refractivity contribution in [3.8, 4) is 0 Å². The van der Waals surface area contributed by atoms with Gasteiger partial charge in [0.25, 0.3) is 0 Å². The van der Waals surface area contributed by atoms with Crippen LogP contribution in [0.5, 0.6) is 0 Å². The summed E-state index contributed by atoms with van der Waals surface area (Å²) in [6, 6.07) is 11.1. The Morgan fingerprint density at radius 2 is 1.93 bits per heavy atom. The second kappa shape index (κ2) is 12.0. The summed E-state index contributed by atoms with van der Waals surface area (Å²) < 4.78 is 28.1. The third-order valence-corrected chi connectivity index (χ3v) is 9.21. The number of benzene rings is 1. The molecule has 2 aliphatic rings. The first-order valence-electron chi connectivity index (χ1n) is 12.9. The molecule has 2 atom stereocenters. The second-order valence-corrected chi connectivity index (χ2v) is 13.1. The lowest BCUT2D eigenvalue weighted by atomic mass is 10.1. The van der Waals surface area contributed by atoms with Crippen LogP contribution in [-0.4, -0.2) is 72.6 Å². The van der Waals surface area contributed by atoms with Gasteiger partial charge < -0.3 is 15.1 Å². The monoisotopic (exact) mass is 601 g/mol. The zero-order valence-electron chi connectivity index (χ0n) is 21.5. The average Bonchev–Trinajstić information content (AvgIpc) is 3.59. The van der Waals surface area contributed by atoms with E-state index in [2.05, 4.69) is 15.0 Å². The largest absolute Gasteiger partial charge is 0.332 e. The smallest absolute Gasteiger partial charge is 0.247 e. The molecule has 3 amide bonds. The van der Waals surface area contributed by atoms with Gasteiger partial charge in [0.05, 0.1) is 28.3 Å². The number of sulfonamides is 1. The van der Waals surface area contributed by atoms with Crippen molar-refractivity contribution < 1.29 is 22.8 Å². The molecule has 40 heavy (non-hydrogen) atoms. The van der Waals surface area contributed by atoms with Crippen molar-refractivity contribution in [1.29, 1.82) is 0 Å². The van der Waals surface area contributed by atoms with Crippen LogP contribution in [0.2, 0.25) is 4.34 Å². The molecule has 5 rings (SSSR count). The predicted octanol–water partition coefficient (Wildman–Crippen LogP) is 3.46. The van der Waals surface area contributed by atoms with E-state index in [1.165, 1.54) is 27.2 Å². The summed E-state index contributed by atoms with van der Waals surface area (Å²) in [4.78, 5) is 47.3. The molecule has 2 N–H and O–H groups in total. The summed E-state index contributed by atoms with van der Waals surface area (Å²) in [5.74, 6) is -1.11. The molecule has 13 heteroatoms. The van der Waals surface area contributed by atoms with Gasteiger partial charge in [-0.2, -0.15) is 4.72 Å². The molecule has 2 saturated heterocycles. The lowest BCUT2D eigenvalue weighted by Gasteiger charge is -2.33. The van der Waals surface area contributed by atoms with Crippen LogP contribution in [0, 0.1) is 0 Å². The number of rotatable bonds is 8. The number of carbonyl (C=O) groups excluding carboxylic acids is 3. The maximum Gasteiger partial charge on any atom is 0.247 e. The molecular weight excluding hydrogens is 574 g/mol. The number of halogens is 1. The van der Waals surface area contributed by atoms with Gasteiger partial charge in [-0.1, -0.05) is 29.8 Å². The number of nitrogens with one attached hydrogen (secondary N) is 2. The van der Waals surface area contributed by atoms with Gasteiger partial charge in [0.15, 0.2) is 0 Å². The molecule has 4 heterocycles. The van der Waals surface area contributed by atoms with E-state index in [9.17, 15) is 22.8 Å². The van der Waals surface area contributed by atoms with Gasteiger partial charge in [-0.05, 0) is 56.0 Å². The summed E-state index contributed by atoms with van der Waals surface area (Å²) in [6.45, 7) is 0.518. The molecule has 0 unspecified atom stereocenters. The standard InChI is InChI=1S/C27H28ClN5O5S2/c28-24-10-9-20(39-24)11-14-40(37,38)31-22-7-3-12-32(27(22)36)17-25(34)33-13-4-8-23(33)26(35)30-19-15-18-5-1-2-6-21(18)29-16-19/h1-2,5-6,9-11,14-16,22-23,31H,3-4,7-8,12-13,17H2,(H,30,35)/t22-,23-/m0/s1. The minimum absolute atomic E-state index is 0.220. The van der Waals surface area contributed by atoms with Crippen molar-refractivity contribution in [2.24, 2.45) is 0 Å². The zero-order chi connectivity index (χ0) is 28.3. The Balaban J connectivity index is 1.19. The highest BCUT2D eigenvalue weighted by Crippen LogP contribution is 2.24. The van der Waals surface area contributed by atoms with E-state index >= 15 is 0 Å². The minimum atomic E-state index is -3.90. The van der Waals surface area contributed by atoms with Gasteiger partial charge >= 0.3 is 0 Å². The Hall–Kier alpha value is -3.32. The Bertz CT molecular complexity index is 1570. The van der Waals surface area contributed by atoms with Gasteiger partial charge in [-0.25, -0.2) is 8.42 Å². The van der Waals surface area contributed by atoms with Crippen LogP contribution in [0.3, 0.4) is 0 Å². The van der Waals surface area contributed by atoms with Gasteiger partial charge in [0, 0.05) is 28.8 Å². The average molecular weight is 602 g/mol. The van der Waals surface area contributed by atoms with Crippen LogP contribution in [0.15, 0.2) is 54.1 Å². The number of piperidine rings is 1. The summed E-state index contributed by atoms with van der Waals surface area (Å²) in [7, 11) is -3.90. The van der Waals surface area contributed by atoms with Crippen molar-refractivity contribution in [2.75, 3.05) is 25.0 Å². The number of thiophene rings is 1. The Morgan fingerprint density at radius 1 is 1.12 bits per heavy atom. The molecule has 2 fully saturated rings. The van der Waals surface area contributed by atoms with Crippen molar-refractivity contribution in [3.63, 3.8) is 0 Å². The third-order valence-electron chi connectivity index (χ3n) is 6.90. The Morgan fingerprint density at radius 3 is 2.73 bits per heavy atom. The van der Waals surface area contributed by atoms with Crippen LogP contribution < -0.4 is 10.0 Å². The summed E-state index contributed by atoms with van der Waals surface area (Å²) in [5.41, 5.74) is 1.36. The maximum absolute atomic E-state index is 13.2. The number of nitrogens with zero attached hydrogens (tertiary/aromatic N) is 3. The number of anilines is 1. The normalized spacial score (nSPS) is 20.0. The first-order valence-corrected chi connectivity index (χ1v) is 15.6. The van der Waals surface area contributed by atoms with Crippen molar-refractivity contribution >= 4 is 73.3 Å². The molecule has 2 aliphatic heterocycles. The molecule has 0 bridgehead atoms.